The first-order valence-corrected chi connectivity index (χ1v) is 8.36. The summed E-state index contributed by atoms with van der Waals surface area (Å²) >= 11 is 0. The molecule has 2 aromatic rings. The summed E-state index contributed by atoms with van der Waals surface area (Å²) in [6.07, 6.45) is -4.48. The predicted molar refractivity (Wildman–Crippen MR) is 94.2 cm³/mol. The number of nitrogens with zero attached hydrogens (tertiary/aromatic N) is 1. The van der Waals surface area contributed by atoms with E-state index in [0.29, 0.717) is 37.9 Å². The molecule has 2 aliphatic rings. The Morgan fingerprint density at radius 2 is 1.85 bits per heavy atom. The van der Waals surface area contributed by atoms with Crippen molar-refractivity contribution in [3.63, 3.8) is 0 Å². The summed E-state index contributed by atoms with van der Waals surface area (Å²) in [7, 11) is 0. The van der Waals surface area contributed by atoms with E-state index in [1.165, 1.54) is 29.6 Å². The van der Waals surface area contributed by atoms with E-state index >= 15 is 0 Å². The Balaban J connectivity index is 1.46. The van der Waals surface area contributed by atoms with Gasteiger partial charge in [-0.3, -0.25) is 5.32 Å². The summed E-state index contributed by atoms with van der Waals surface area (Å²) in [6.45, 7) is 1.63. The number of benzene rings is 2. The van der Waals surface area contributed by atoms with Gasteiger partial charge in [0.2, 0.25) is 0 Å². The third-order valence-corrected chi connectivity index (χ3v) is 4.37. The van der Waals surface area contributed by atoms with E-state index in [2.05, 4.69) is 5.32 Å². The summed E-state index contributed by atoms with van der Waals surface area (Å²) in [5, 5.41) is 15.0. The summed E-state index contributed by atoms with van der Waals surface area (Å²) < 4.78 is 47.8. The largest absolute Gasteiger partial charge is 0.482 e. The van der Waals surface area contributed by atoms with Gasteiger partial charge in [-0.2, -0.15) is 13.2 Å². The Bertz CT molecular complexity index is 823. The lowest BCUT2D eigenvalue weighted by Gasteiger charge is -2.39. The molecule has 1 fully saturated rings. The molecule has 4 rings (SSSR count). The quantitative estimate of drug-likeness (QED) is 0.691. The zero-order valence-electron chi connectivity index (χ0n) is 14.2. The molecular weight excluding hydrogens is 363 g/mol. The van der Waals surface area contributed by atoms with Crippen LogP contribution in [0.3, 0.4) is 0 Å². The van der Waals surface area contributed by atoms with Crippen molar-refractivity contribution in [3.05, 3.63) is 42.5 Å². The molecule has 0 aliphatic carbocycles. The van der Waals surface area contributed by atoms with Crippen LogP contribution in [0.5, 0.6) is 11.5 Å². The van der Waals surface area contributed by atoms with E-state index in [-0.39, 0.29) is 5.69 Å². The Hall–Kier alpha value is -2.65. The lowest BCUT2D eigenvalue weighted by atomic mass is 10.0. The van der Waals surface area contributed by atoms with Crippen molar-refractivity contribution in [2.45, 2.75) is 11.9 Å². The summed E-state index contributed by atoms with van der Waals surface area (Å²) in [5.41, 5.74) is 0.913. The van der Waals surface area contributed by atoms with E-state index in [9.17, 15) is 18.3 Å². The van der Waals surface area contributed by atoms with E-state index in [1.807, 2.05) is 17.0 Å². The number of rotatable bonds is 5. The number of ether oxygens (including phenoxy) is 2. The first-order valence-electron chi connectivity index (χ1n) is 8.36. The smallest absolute Gasteiger partial charge is 0.457 e. The number of alkyl halides is 3. The second kappa shape index (κ2) is 6.50. The van der Waals surface area contributed by atoms with Gasteiger partial charge >= 0.3 is 6.30 Å². The highest BCUT2D eigenvalue weighted by Gasteiger charge is 2.39. The second-order valence-electron chi connectivity index (χ2n) is 6.68. The first-order chi connectivity index (χ1) is 12.8. The fourth-order valence-electron chi connectivity index (χ4n) is 3.08. The van der Waals surface area contributed by atoms with Crippen LogP contribution in [-0.2, 0) is 4.74 Å². The summed E-state index contributed by atoms with van der Waals surface area (Å²) in [6, 6.07) is 11.0. The molecule has 0 unspecified atom stereocenters. The zero-order chi connectivity index (χ0) is 19.1. The lowest BCUT2D eigenvalue weighted by Crippen LogP contribution is -2.57. The molecular formula is C18H18F3N3O3. The summed E-state index contributed by atoms with van der Waals surface area (Å²) in [5.74, 6) is 0.974. The molecule has 2 aromatic carbocycles. The van der Waals surface area contributed by atoms with Gasteiger partial charge in [-0.05, 0) is 36.4 Å². The number of fused-ring (bicyclic) bond motifs is 1. The van der Waals surface area contributed by atoms with Crippen molar-refractivity contribution < 1.29 is 27.8 Å². The van der Waals surface area contributed by atoms with Gasteiger partial charge < -0.3 is 24.8 Å². The molecule has 2 aliphatic heterocycles. The molecule has 9 heteroatoms. The van der Waals surface area contributed by atoms with E-state index in [0.717, 1.165) is 11.4 Å². The van der Waals surface area contributed by atoms with Crippen LogP contribution in [0.25, 0.3) is 0 Å². The molecule has 0 amide bonds. The standard InChI is InChI=1S/C18H18F3N3O3/c19-18(20,21)23-12-1-3-13(4-2-12)27-14-5-6-15-16(7-14)24(11-22-15)8-17(25)9-26-10-17/h1-7,22-23,25H,8-11H2. The highest BCUT2D eigenvalue weighted by atomic mass is 19.4. The van der Waals surface area contributed by atoms with Crippen LogP contribution in [-0.4, -0.2) is 43.4 Å². The van der Waals surface area contributed by atoms with Crippen molar-refractivity contribution in [2.24, 2.45) is 0 Å². The maximum Gasteiger partial charge on any atom is 0.482 e. The van der Waals surface area contributed by atoms with Gasteiger partial charge in [0.05, 0.1) is 37.8 Å². The monoisotopic (exact) mass is 381 g/mol. The lowest BCUT2D eigenvalue weighted by molar-refractivity contribution is -0.171. The maximum absolute atomic E-state index is 12.3. The highest BCUT2D eigenvalue weighted by Crippen LogP contribution is 2.37. The molecule has 0 bridgehead atoms. The molecule has 6 nitrogen and oxygen atoms in total. The van der Waals surface area contributed by atoms with E-state index < -0.39 is 11.9 Å². The van der Waals surface area contributed by atoms with Gasteiger partial charge in [0.25, 0.3) is 0 Å². The molecule has 3 N–H and O–H groups in total. The molecule has 0 atom stereocenters. The van der Waals surface area contributed by atoms with Crippen LogP contribution in [0.15, 0.2) is 42.5 Å². The first kappa shape index (κ1) is 17.7. The highest BCUT2D eigenvalue weighted by molar-refractivity contribution is 5.76. The van der Waals surface area contributed by atoms with Gasteiger partial charge in [-0.15, -0.1) is 0 Å². The minimum Gasteiger partial charge on any atom is -0.457 e. The van der Waals surface area contributed by atoms with Gasteiger partial charge in [0, 0.05) is 11.8 Å². The maximum atomic E-state index is 12.3. The zero-order valence-corrected chi connectivity index (χ0v) is 14.2. The van der Waals surface area contributed by atoms with Gasteiger partial charge in [0.1, 0.15) is 17.1 Å². The SMILES string of the molecule is OC1(CN2CNc3ccc(Oc4ccc(NC(F)(F)F)cc4)cc32)COC1. The van der Waals surface area contributed by atoms with Gasteiger partial charge in [-0.1, -0.05) is 0 Å². The fourth-order valence-corrected chi connectivity index (χ4v) is 3.08. The molecule has 27 heavy (non-hydrogen) atoms. The normalized spacial score (nSPS) is 17.7. The van der Waals surface area contributed by atoms with Gasteiger partial charge in [-0.25, -0.2) is 0 Å². The Morgan fingerprint density at radius 1 is 1.15 bits per heavy atom. The van der Waals surface area contributed by atoms with Crippen LogP contribution in [0.2, 0.25) is 0 Å². The molecule has 2 heterocycles. The van der Waals surface area contributed by atoms with Crippen LogP contribution in [0.4, 0.5) is 30.2 Å². The fraction of sp³-hybridized carbons (Fsp3) is 0.333. The minimum absolute atomic E-state index is 0.0601. The predicted octanol–water partition coefficient (Wildman–Crippen LogP) is 3.36. The number of hydrogen-bond donors (Lipinski definition) is 3. The third-order valence-electron chi connectivity index (χ3n) is 4.37. The van der Waals surface area contributed by atoms with Crippen molar-refractivity contribution in [1.29, 1.82) is 0 Å². The summed E-state index contributed by atoms with van der Waals surface area (Å²) in [4.78, 5) is 2.00. The Kier molecular flexibility index (Phi) is 4.27. The third kappa shape index (κ3) is 4.04. The van der Waals surface area contributed by atoms with Crippen molar-refractivity contribution in [1.82, 2.24) is 0 Å². The molecule has 144 valence electrons. The molecule has 0 radical (unpaired) electrons. The second-order valence-corrected chi connectivity index (χ2v) is 6.68. The molecule has 0 spiro atoms. The van der Waals surface area contributed by atoms with Crippen LogP contribution in [0.1, 0.15) is 0 Å². The van der Waals surface area contributed by atoms with Gasteiger partial charge in [0.15, 0.2) is 0 Å². The molecule has 0 aromatic heterocycles. The average molecular weight is 381 g/mol. The number of nitrogens with one attached hydrogen (secondary N) is 2. The van der Waals surface area contributed by atoms with E-state index in [1.54, 1.807) is 6.07 Å². The van der Waals surface area contributed by atoms with E-state index in [4.69, 9.17) is 9.47 Å². The molecule has 0 saturated carbocycles. The van der Waals surface area contributed by atoms with Crippen LogP contribution < -0.4 is 20.3 Å². The number of hydrogen-bond acceptors (Lipinski definition) is 6. The number of aliphatic hydroxyl groups is 1. The molecule has 1 saturated heterocycles. The Morgan fingerprint density at radius 3 is 2.48 bits per heavy atom. The number of β-amino-alcohol motifs (C(OH)–C–C–N with tert-alkyl or cyclic N) is 1. The van der Waals surface area contributed by atoms with Crippen LogP contribution in [0, 0.1) is 0 Å². The Labute approximate surface area is 153 Å². The minimum atomic E-state index is -4.48. The van der Waals surface area contributed by atoms with Crippen molar-refractivity contribution in [2.75, 3.05) is 42.0 Å². The van der Waals surface area contributed by atoms with Crippen molar-refractivity contribution >= 4 is 17.1 Å². The topological polar surface area (TPSA) is 66.0 Å². The number of halogens is 3. The van der Waals surface area contributed by atoms with Crippen LogP contribution >= 0.6 is 0 Å². The number of anilines is 3. The van der Waals surface area contributed by atoms with Crippen molar-refractivity contribution in [3.8, 4) is 11.5 Å². The average Bonchev–Trinajstić information content (AvgIpc) is 2.96.